The summed E-state index contributed by atoms with van der Waals surface area (Å²) in [5.41, 5.74) is -0.156. The second-order valence-electron chi connectivity index (χ2n) is 4.46. The Morgan fingerprint density at radius 3 is 2.71 bits per heavy atom. The molecule has 0 atom stereocenters. The number of methoxy groups -OCH3 is 1. The van der Waals surface area contributed by atoms with Crippen LogP contribution >= 0.6 is 0 Å². The van der Waals surface area contributed by atoms with Gasteiger partial charge in [0.25, 0.3) is 5.69 Å². The Morgan fingerprint density at radius 2 is 2.10 bits per heavy atom. The number of rotatable bonds is 8. The van der Waals surface area contributed by atoms with Crippen LogP contribution in [0.3, 0.4) is 0 Å². The SMILES string of the molecule is CCCCCCOC(=O)Nc1cc(OC)ccc1[N+](=O)[O-]. The highest BCUT2D eigenvalue weighted by Gasteiger charge is 2.17. The number of ether oxygens (including phenoxy) is 2. The van der Waals surface area contributed by atoms with Crippen molar-refractivity contribution < 1.29 is 19.2 Å². The van der Waals surface area contributed by atoms with E-state index in [1.54, 1.807) is 0 Å². The van der Waals surface area contributed by atoms with E-state index in [-0.39, 0.29) is 11.4 Å². The maximum absolute atomic E-state index is 11.6. The van der Waals surface area contributed by atoms with Crippen molar-refractivity contribution in [2.45, 2.75) is 32.6 Å². The fraction of sp³-hybridized carbons (Fsp3) is 0.500. The predicted octanol–water partition coefficient (Wildman–Crippen LogP) is 3.73. The molecule has 7 heteroatoms. The van der Waals surface area contributed by atoms with Gasteiger partial charge in [-0.1, -0.05) is 26.2 Å². The number of nitro benzene ring substituents is 1. The van der Waals surface area contributed by atoms with E-state index >= 15 is 0 Å². The van der Waals surface area contributed by atoms with E-state index in [9.17, 15) is 14.9 Å². The van der Waals surface area contributed by atoms with Crippen molar-refractivity contribution >= 4 is 17.5 Å². The second kappa shape index (κ2) is 8.78. The molecular weight excluding hydrogens is 276 g/mol. The number of carbonyl (C=O) groups is 1. The zero-order valence-corrected chi connectivity index (χ0v) is 12.3. The highest BCUT2D eigenvalue weighted by molar-refractivity contribution is 5.88. The zero-order chi connectivity index (χ0) is 15.7. The van der Waals surface area contributed by atoms with Gasteiger partial charge < -0.3 is 9.47 Å². The molecule has 7 nitrogen and oxygen atoms in total. The number of nitro groups is 1. The van der Waals surface area contributed by atoms with Crippen LogP contribution < -0.4 is 10.1 Å². The van der Waals surface area contributed by atoms with Gasteiger partial charge in [-0.3, -0.25) is 15.4 Å². The highest BCUT2D eigenvalue weighted by atomic mass is 16.6. The Balaban J connectivity index is 2.59. The van der Waals surface area contributed by atoms with Crippen LogP contribution in [0.5, 0.6) is 5.75 Å². The molecule has 0 fully saturated rings. The third-order valence-corrected chi connectivity index (χ3v) is 2.87. The maximum Gasteiger partial charge on any atom is 0.411 e. The molecule has 1 aromatic rings. The Kier molecular flexibility index (Phi) is 7.00. The second-order valence-corrected chi connectivity index (χ2v) is 4.46. The summed E-state index contributed by atoms with van der Waals surface area (Å²) in [7, 11) is 1.44. The Hall–Kier alpha value is -2.31. The van der Waals surface area contributed by atoms with Crippen molar-refractivity contribution in [2.75, 3.05) is 19.0 Å². The average molecular weight is 296 g/mol. The first kappa shape index (κ1) is 16.7. The molecule has 0 aliphatic carbocycles. The van der Waals surface area contributed by atoms with E-state index in [1.807, 2.05) is 0 Å². The molecule has 0 bridgehead atoms. The smallest absolute Gasteiger partial charge is 0.411 e. The molecule has 1 N–H and O–H groups in total. The monoisotopic (exact) mass is 296 g/mol. The molecule has 1 amide bonds. The quantitative estimate of drug-likeness (QED) is 0.448. The zero-order valence-electron chi connectivity index (χ0n) is 12.3. The summed E-state index contributed by atoms with van der Waals surface area (Å²) in [5.74, 6) is 0.416. The summed E-state index contributed by atoms with van der Waals surface area (Å²) >= 11 is 0. The number of benzene rings is 1. The molecule has 0 saturated heterocycles. The standard InChI is InChI=1S/C14H20N2O5/c1-3-4-5-6-9-21-14(17)15-12-10-11(20-2)7-8-13(12)16(18)19/h7-8,10H,3-6,9H2,1-2H3,(H,15,17). The number of nitrogens with one attached hydrogen (secondary N) is 1. The minimum absolute atomic E-state index is 0.0536. The van der Waals surface area contributed by atoms with Crippen molar-refractivity contribution in [3.05, 3.63) is 28.3 Å². The largest absolute Gasteiger partial charge is 0.497 e. The molecule has 0 aromatic heterocycles. The number of amides is 1. The van der Waals surface area contributed by atoms with Crippen LogP contribution in [0, 0.1) is 10.1 Å². The summed E-state index contributed by atoms with van der Waals surface area (Å²) in [5, 5.41) is 13.3. The van der Waals surface area contributed by atoms with Crippen LogP contribution in [0.4, 0.5) is 16.2 Å². The van der Waals surface area contributed by atoms with Crippen molar-refractivity contribution in [3.8, 4) is 5.75 Å². The van der Waals surface area contributed by atoms with Crippen molar-refractivity contribution in [3.63, 3.8) is 0 Å². The first-order valence-electron chi connectivity index (χ1n) is 6.84. The topological polar surface area (TPSA) is 90.7 Å². The fourth-order valence-corrected chi connectivity index (χ4v) is 1.74. The Morgan fingerprint density at radius 1 is 1.33 bits per heavy atom. The van der Waals surface area contributed by atoms with Crippen LogP contribution in [0.2, 0.25) is 0 Å². The van der Waals surface area contributed by atoms with E-state index in [0.717, 1.165) is 25.7 Å². The van der Waals surface area contributed by atoms with Gasteiger partial charge in [0.15, 0.2) is 0 Å². The Labute approximate surface area is 123 Å². The van der Waals surface area contributed by atoms with E-state index < -0.39 is 11.0 Å². The van der Waals surface area contributed by atoms with E-state index in [0.29, 0.717) is 12.4 Å². The Bertz CT molecular complexity index is 490. The molecule has 0 radical (unpaired) electrons. The minimum atomic E-state index is -0.706. The van der Waals surface area contributed by atoms with Crippen molar-refractivity contribution in [1.82, 2.24) is 0 Å². The molecule has 0 unspecified atom stereocenters. The molecular formula is C14H20N2O5. The van der Waals surface area contributed by atoms with Crippen molar-refractivity contribution in [1.29, 1.82) is 0 Å². The van der Waals surface area contributed by atoms with Gasteiger partial charge in [0.05, 0.1) is 18.6 Å². The lowest BCUT2D eigenvalue weighted by Gasteiger charge is -2.08. The number of unbranched alkanes of at least 4 members (excludes halogenated alkanes) is 3. The molecule has 116 valence electrons. The number of hydrogen-bond donors (Lipinski definition) is 1. The van der Waals surface area contributed by atoms with Crippen LogP contribution in [-0.4, -0.2) is 24.7 Å². The average Bonchev–Trinajstić information content (AvgIpc) is 2.46. The molecule has 0 saturated carbocycles. The molecule has 21 heavy (non-hydrogen) atoms. The molecule has 0 spiro atoms. The molecule has 1 aromatic carbocycles. The molecule has 0 heterocycles. The first-order chi connectivity index (χ1) is 10.1. The lowest BCUT2D eigenvalue weighted by Crippen LogP contribution is -2.15. The third kappa shape index (κ3) is 5.68. The van der Waals surface area contributed by atoms with E-state index in [2.05, 4.69) is 12.2 Å². The summed E-state index contributed by atoms with van der Waals surface area (Å²) in [6.07, 6.45) is 3.25. The minimum Gasteiger partial charge on any atom is -0.497 e. The van der Waals surface area contributed by atoms with Gasteiger partial charge in [-0.15, -0.1) is 0 Å². The number of hydrogen-bond acceptors (Lipinski definition) is 5. The number of carbonyl (C=O) groups excluding carboxylic acids is 1. The summed E-state index contributed by atoms with van der Waals surface area (Å²) in [6, 6.07) is 4.12. The lowest BCUT2D eigenvalue weighted by molar-refractivity contribution is -0.383. The molecule has 1 rings (SSSR count). The first-order valence-corrected chi connectivity index (χ1v) is 6.84. The van der Waals surface area contributed by atoms with Crippen LogP contribution in [0.15, 0.2) is 18.2 Å². The predicted molar refractivity (Wildman–Crippen MR) is 78.8 cm³/mol. The number of nitrogens with zero attached hydrogens (tertiary/aromatic N) is 1. The summed E-state index contributed by atoms with van der Waals surface area (Å²) in [4.78, 5) is 22.0. The van der Waals surface area contributed by atoms with E-state index in [4.69, 9.17) is 9.47 Å². The number of anilines is 1. The maximum atomic E-state index is 11.6. The van der Waals surface area contributed by atoms with Gasteiger partial charge in [-0.2, -0.15) is 0 Å². The normalized spacial score (nSPS) is 10.0. The molecule has 0 aliphatic heterocycles. The molecule has 0 aliphatic rings. The van der Waals surface area contributed by atoms with E-state index in [1.165, 1.54) is 25.3 Å². The summed E-state index contributed by atoms with van der Waals surface area (Å²) < 4.78 is 9.97. The van der Waals surface area contributed by atoms with Gasteiger partial charge in [-0.25, -0.2) is 4.79 Å². The van der Waals surface area contributed by atoms with Crippen LogP contribution in [-0.2, 0) is 4.74 Å². The summed E-state index contributed by atoms with van der Waals surface area (Å²) in [6.45, 7) is 2.39. The van der Waals surface area contributed by atoms with Crippen LogP contribution in [0.25, 0.3) is 0 Å². The van der Waals surface area contributed by atoms with Gasteiger partial charge >= 0.3 is 6.09 Å². The van der Waals surface area contributed by atoms with Crippen LogP contribution in [0.1, 0.15) is 32.6 Å². The van der Waals surface area contributed by atoms with Gasteiger partial charge in [0.2, 0.25) is 0 Å². The highest BCUT2D eigenvalue weighted by Crippen LogP contribution is 2.28. The van der Waals surface area contributed by atoms with Gasteiger partial charge in [0.1, 0.15) is 11.4 Å². The van der Waals surface area contributed by atoms with Crippen molar-refractivity contribution in [2.24, 2.45) is 0 Å². The van der Waals surface area contributed by atoms with Gasteiger partial charge in [-0.05, 0) is 12.5 Å². The fourth-order valence-electron chi connectivity index (χ4n) is 1.74. The third-order valence-electron chi connectivity index (χ3n) is 2.87. The lowest BCUT2D eigenvalue weighted by atomic mass is 10.2. The van der Waals surface area contributed by atoms with Gasteiger partial charge in [0, 0.05) is 12.1 Å².